The molecule has 2 aromatic heterocycles. The van der Waals surface area contributed by atoms with Crippen LogP contribution in [0.2, 0.25) is 0 Å². The predicted molar refractivity (Wildman–Crippen MR) is 109 cm³/mol. The molecule has 27 heavy (non-hydrogen) atoms. The summed E-state index contributed by atoms with van der Waals surface area (Å²) >= 11 is 1.43. The van der Waals surface area contributed by atoms with Gasteiger partial charge in [-0.3, -0.25) is 9.78 Å². The largest absolute Gasteiger partial charge is 0.456 e. The van der Waals surface area contributed by atoms with Crippen molar-refractivity contribution in [3.63, 3.8) is 0 Å². The summed E-state index contributed by atoms with van der Waals surface area (Å²) in [6, 6.07) is 11.4. The van der Waals surface area contributed by atoms with Crippen LogP contribution in [-0.4, -0.2) is 53.9 Å². The van der Waals surface area contributed by atoms with E-state index in [0.717, 1.165) is 29.7 Å². The van der Waals surface area contributed by atoms with Gasteiger partial charge in [0.2, 0.25) is 0 Å². The summed E-state index contributed by atoms with van der Waals surface area (Å²) in [5.74, 6) is 1.47. The van der Waals surface area contributed by atoms with Gasteiger partial charge >= 0.3 is 0 Å². The van der Waals surface area contributed by atoms with Gasteiger partial charge in [-0.2, -0.15) is 0 Å². The highest BCUT2D eigenvalue weighted by Crippen LogP contribution is 2.35. The maximum Gasteiger partial charge on any atom is 0.264 e. The molecule has 1 amide bonds. The maximum atomic E-state index is 12.9. The van der Waals surface area contributed by atoms with Crippen LogP contribution in [-0.2, 0) is 0 Å². The van der Waals surface area contributed by atoms with Gasteiger partial charge in [-0.25, -0.2) is 0 Å². The number of fused-ring (bicyclic) bond motifs is 1. The van der Waals surface area contributed by atoms with E-state index < -0.39 is 0 Å². The van der Waals surface area contributed by atoms with Gasteiger partial charge in [0, 0.05) is 37.1 Å². The number of carbonyl (C=O) groups excluding carboxylic acids is 1. The second kappa shape index (κ2) is 7.17. The zero-order valence-electron chi connectivity index (χ0n) is 15.4. The van der Waals surface area contributed by atoms with E-state index in [1.54, 1.807) is 18.3 Å². The Bertz CT molecular complexity index is 968. The highest BCUT2D eigenvalue weighted by molar-refractivity contribution is 7.21. The molecule has 0 aliphatic carbocycles. The fourth-order valence-electron chi connectivity index (χ4n) is 3.27. The molecule has 1 saturated heterocycles. The van der Waals surface area contributed by atoms with Gasteiger partial charge in [0.05, 0.1) is 15.1 Å². The van der Waals surface area contributed by atoms with Crippen molar-refractivity contribution in [3.8, 4) is 11.5 Å². The second-order valence-corrected chi connectivity index (χ2v) is 8.01. The number of pyridine rings is 1. The van der Waals surface area contributed by atoms with Crippen LogP contribution in [0.1, 0.15) is 16.1 Å². The molecule has 3 aromatic rings. The number of likely N-dealkylation sites (N-methyl/N-ethyl adjacent to an activating group) is 1. The first kappa shape index (κ1) is 17.8. The zero-order valence-corrected chi connectivity index (χ0v) is 16.2. The highest BCUT2D eigenvalue weighted by Gasteiger charge is 2.29. The van der Waals surface area contributed by atoms with Crippen LogP contribution in [0.4, 0.5) is 5.69 Å². The molecule has 1 aliphatic heterocycles. The number of hydrogen-bond donors (Lipinski definition) is 1. The number of rotatable bonds is 4. The van der Waals surface area contributed by atoms with E-state index in [1.807, 2.05) is 29.2 Å². The minimum Gasteiger partial charge on any atom is -0.456 e. The van der Waals surface area contributed by atoms with Gasteiger partial charge in [0.15, 0.2) is 0 Å². The molecule has 3 heterocycles. The van der Waals surface area contributed by atoms with E-state index in [2.05, 4.69) is 24.0 Å². The first-order valence-corrected chi connectivity index (χ1v) is 9.70. The van der Waals surface area contributed by atoms with E-state index in [0.29, 0.717) is 28.1 Å². The zero-order chi connectivity index (χ0) is 19.0. The maximum absolute atomic E-state index is 12.9. The Morgan fingerprint density at radius 2 is 2.07 bits per heavy atom. The Kier molecular flexibility index (Phi) is 4.72. The van der Waals surface area contributed by atoms with E-state index in [-0.39, 0.29) is 5.91 Å². The lowest BCUT2D eigenvalue weighted by atomic mass is 10.2. The molecule has 1 aromatic carbocycles. The number of thiophene rings is 1. The number of nitrogens with two attached hydrogens (primary N) is 1. The Morgan fingerprint density at radius 3 is 2.78 bits per heavy atom. The standard InChI is InChI=1S/C20H22N4O2S/c1-23(2)14-8-10-24(12-14)20(25)18-11-16-19(27-18)17(7-9-22-16)26-15-5-3-13(21)4-6-15/h3-7,9,11,14H,8,10,12,21H2,1-2H3. The number of amides is 1. The van der Waals surface area contributed by atoms with Crippen molar-refractivity contribution in [1.82, 2.24) is 14.8 Å². The summed E-state index contributed by atoms with van der Waals surface area (Å²) in [6.45, 7) is 1.56. The van der Waals surface area contributed by atoms with Crippen LogP contribution in [0, 0.1) is 0 Å². The molecule has 7 heteroatoms. The molecule has 6 nitrogen and oxygen atoms in total. The van der Waals surface area contributed by atoms with Gasteiger partial charge in [-0.15, -0.1) is 11.3 Å². The fourth-order valence-corrected chi connectivity index (χ4v) is 4.30. The summed E-state index contributed by atoms with van der Waals surface area (Å²) in [6.07, 6.45) is 2.71. The van der Waals surface area contributed by atoms with E-state index in [1.165, 1.54) is 11.3 Å². The molecule has 140 valence electrons. The van der Waals surface area contributed by atoms with Gasteiger partial charge in [0.25, 0.3) is 5.91 Å². The number of aromatic nitrogens is 1. The topological polar surface area (TPSA) is 71.7 Å². The molecule has 0 radical (unpaired) electrons. The van der Waals surface area contributed by atoms with E-state index in [4.69, 9.17) is 10.5 Å². The third kappa shape index (κ3) is 3.61. The van der Waals surface area contributed by atoms with Gasteiger partial charge in [-0.05, 0) is 50.8 Å². The minimum absolute atomic E-state index is 0.0702. The van der Waals surface area contributed by atoms with Crippen LogP contribution in [0.25, 0.3) is 10.2 Å². The number of nitrogens with zero attached hydrogens (tertiary/aromatic N) is 3. The van der Waals surface area contributed by atoms with E-state index >= 15 is 0 Å². The second-order valence-electron chi connectivity index (χ2n) is 6.96. The molecular weight excluding hydrogens is 360 g/mol. The Balaban J connectivity index is 1.59. The van der Waals surface area contributed by atoms with Crippen molar-refractivity contribution in [2.75, 3.05) is 32.9 Å². The molecule has 0 bridgehead atoms. The molecule has 4 rings (SSSR count). The fraction of sp³-hybridized carbons (Fsp3) is 0.300. The van der Waals surface area contributed by atoms with Crippen molar-refractivity contribution in [1.29, 1.82) is 0 Å². The normalized spacial score (nSPS) is 17.0. The van der Waals surface area contributed by atoms with Crippen LogP contribution >= 0.6 is 11.3 Å². The van der Waals surface area contributed by atoms with Crippen LogP contribution in [0.5, 0.6) is 11.5 Å². The number of anilines is 1. The molecule has 0 saturated carbocycles. The SMILES string of the molecule is CN(C)C1CCN(C(=O)c2cc3nccc(Oc4ccc(N)cc4)c3s2)C1. The summed E-state index contributed by atoms with van der Waals surface area (Å²) in [5, 5.41) is 0. The number of ether oxygens (including phenoxy) is 1. The molecule has 0 spiro atoms. The first-order valence-electron chi connectivity index (χ1n) is 8.89. The highest BCUT2D eigenvalue weighted by atomic mass is 32.1. The smallest absolute Gasteiger partial charge is 0.264 e. The average molecular weight is 382 g/mol. The monoisotopic (exact) mass is 382 g/mol. The number of hydrogen-bond acceptors (Lipinski definition) is 6. The lowest BCUT2D eigenvalue weighted by Crippen LogP contribution is -2.34. The molecule has 1 fully saturated rings. The third-order valence-corrected chi connectivity index (χ3v) is 6.00. The Hall–Kier alpha value is -2.64. The summed E-state index contributed by atoms with van der Waals surface area (Å²) in [7, 11) is 4.12. The van der Waals surface area contributed by atoms with Gasteiger partial charge < -0.3 is 20.3 Å². The van der Waals surface area contributed by atoms with Crippen LogP contribution in [0.3, 0.4) is 0 Å². The lowest BCUT2D eigenvalue weighted by Gasteiger charge is -2.19. The summed E-state index contributed by atoms with van der Waals surface area (Å²) in [5.41, 5.74) is 7.19. The molecule has 2 N–H and O–H groups in total. The van der Waals surface area contributed by atoms with Crippen molar-refractivity contribution in [2.45, 2.75) is 12.5 Å². The van der Waals surface area contributed by atoms with Crippen LogP contribution in [0.15, 0.2) is 42.6 Å². The van der Waals surface area contributed by atoms with Gasteiger partial charge in [-0.1, -0.05) is 0 Å². The van der Waals surface area contributed by atoms with Gasteiger partial charge in [0.1, 0.15) is 11.5 Å². The third-order valence-electron chi connectivity index (χ3n) is 4.88. The summed E-state index contributed by atoms with van der Waals surface area (Å²) < 4.78 is 6.87. The van der Waals surface area contributed by atoms with Crippen LogP contribution < -0.4 is 10.5 Å². The molecule has 1 atom stereocenters. The molecular formula is C20H22N4O2S. The first-order chi connectivity index (χ1) is 13.0. The number of likely N-dealkylation sites (tertiary alicyclic amines) is 1. The van der Waals surface area contributed by atoms with Crippen molar-refractivity contribution in [2.24, 2.45) is 0 Å². The Labute approximate surface area is 162 Å². The number of benzene rings is 1. The summed E-state index contributed by atoms with van der Waals surface area (Å²) in [4.78, 5) is 22.1. The number of nitrogen functional groups attached to an aromatic ring is 1. The molecule has 1 aliphatic rings. The molecule has 1 unspecified atom stereocenters. The van der Waals surface area contributed by atoms with Crippen molar-refractivity contribution >= 4 is 33.1 Å². The van der Waals surface area contributed by atoms with Crippen molar-refractivity contribution in [3.05, 3.63) is 47.5 Å². The van der Waals surface area contributed by atoms with E-state index in [9.17, 15) is 4.79 Å². The lowest BCUT2D eigenvalue weighted by molar-refractivity contribution is 0.0788. The average Bonchev–Trinajstić information content (AvgIpc) is 3.31. The predicted octanol–water partition coefficient (Wildman–Crippen LogP) is 3.45. The number of carbonyl (C=O) groups is 1. The Morgan fingerprint density at radius 1 is 1.30 bits per heavy atom. The van der Waals surface area contributed by atoms with Crippen molar-refractivity contribution < 1.29 is 9.53 Å². The minimum atomic E-state index is 0.0702. The quantitative estimate of drug-likeness (QED) is 0.700.